The highest BCUT2D eigenvalue weighted by molar-refractivity contribution is 7.25. The van der Waals surface area contributed by atoms with Crippen molar-refractivity contribution >= 4 is 42.3 Å². The lowest BCUT2D eigenvalue weighted by Gasteiger charge is -2.14. The summed E-state index contributed by atoms with van der Waals surface area (Å²) in [5, 5.41) is 2.56. The lowest BCUT2D eigenvalue weighted by atomic mass is 9.92. The molecule has 0 saturated heterocycles. The molecule has 276 valence electrons. The van der Waals surface area contributed by atoms with Gasteiger partial charge in [0.05, 0.1) is 8.22 Å². The van der Waals surface area contributed by atoms with E-state index in [1.165, 1.54) is 0 Å². The van der Waals surface area contributed by atoms with Gasteiger partial charge in [-0.1, -0.05) is 182 Å². The van der Waals surface area contributed by atoms with E-state index in [2.05, 4.69) is 36.4 Å². The second kappa shape index (κ2) is 14.8. The Morgan fingerprint density at radius 1 is 0.322 bits per heavy atom. The molecule has 0 saturated carbocycles. The fraction of sp³-hybridized carbons (Fsp3) is 0. The van der Waals surface area contributed by atoms with Gasteiger partial charge in [0.1, 0.15) is 0 Å². The molecule has 0 aliphatic carbocycles. The van der Waals surface area contributed by atoms with Gasteiger partial charge in [0.15, 0.2) is 17.5 Å². The number of fused-ring (bicyclic) bond motifs is 4. The summed E-state index contributed by atoms with van der Waals surface area (Å²) < 4.78 is 57.2. The molecule has 0 spiro atoms. The van der Waals surface area contributed by atoms with Crippen molar-refractivity contribution < 1.29 is 8.22 Å². The molecular formula is C55H35N3S. The lowest BCUT2D eigenvalue weighted by Crippen LogP contribution is -2.00. The minimum atomic E-state index is -0.275. The Bertz CT molecular complexity index is 3660. The van der Waals surface area contributed by atoms with E-state index in [0.29, 0.717) is 32.2 Å². The van der Waals surface area contributed by atoms with Crippen LogP contribution in [-0.4, -0.2) is 15.0 Å². The molecular weight excluding hydrogens is 735 g/mol. The van der Waals surface area contributed by atoms with Crippen molar-refractivity contribution in [2.24, 2.45) is 0 Å². The van der Waals surface area contributed by atoms with Crippen LogP contribution in [0, 0.1) is 0 Å². The van der Waals surface area contributed by atoms with Crippen LogP contribution < -0.4 is 0 Å². The van der Waals surface area contributed by atoms with Crippen molar-refractivity contribution in [3.63, 3.8) is 0 Å². The van der Waals surface area contributed by atoms with Gasteiger partial charge in [-0.25, -0.2) is 15.0 Å². The predicted molar refractivity (Wildman–Crippen MR) is 248 cm³/mol. The Morgan fingerprint density at radius 2 is 0.831 bits per heavy atom. The van der Waals surface area contributed by atoms with Crippen LogP contribution in [0.3, 0.4) is 0 Å². The zero-order valence-corrected chi connectivity index (χ0v) is 32.3. The molecule has 11 rings (SSSR count). The number of benzene rings is 9. The maximum atomic E-state index is 9.73. The van der Waals surface area contributed by atoms with Crippen LogP contribution in [0.4, 0.5) is 0 Å². The standard InChI is InChI=1S/C55H35N3S/c1-4-12-36(13-5-1)38-20-22-39(23-21-38)43-28-31-51-50(33-43)48-30-27-46(35-52(48)59-51)55-57-53(44-25-24-37-14-10-11-19-42(37)32-44)56-54(58-55)45-26-29-47(40-15-6-2-7-16-40)49(34-45)41-17-8-3-9-18-41/h1-35H/i27D,28D,30D,31D,33D,35D. The van der Waals surface area contributed by atoms with E-state index >= 15 is 0 Å². The molecule has 3 nitrogen and oxygen atoms in total. The third-order valence-electron chi connectivity index (χ3n) is 10.6. The lowest BCUT2D eigenvalue weighted by molar-refractivity contribution is 1.08. The summed E-state index contributed by atoms with van der Waals surface area (Å²) in [5.41, 5.74) is 8.41. The van der Waals surface area contributed by atoms with E-state index < -0.39 is 0 Å². The Balaban J connectivity index is 1.12. The molecule has 11 aromatic rings. The van der Waals surface area contributed by atoms with Crippen molar-refractivity contribution in [2.75, 3.05) is 0 Å². The number of thiophene rings is 1. The number of hydrogen-bond donors (Lipinski definition) is 0. The van der Waals surface area contributed by atoms with Crippen LogP contribution in [0.2, 0.25) is 0 Å². The molecule has 0 amide bonds. The average Bonchev–Trinajstić information content (AvgIpc) is 3.78. The highest BCUT2D eigenvalue weighted by Crippen LogP contribution is 2.40. The Hall–Kier alpha value is -7.53. The summed E-state index contributed by atoms with van der Waals surface area (Å²) in [6.45, 7) is 0. The molecule has 0 aliphatic heterocycles. The van der Waals surface area contributed by atoms with Crippen LogP contribution in [0.5, 0.6) is 0 Å². The molecule has 0 atom stereocenters. The zero-order valence-electron chi connectivity index (χ0n) is 37.5. The van der Waals surface area contributed by atoms with Crippen molar-refractivity contribution in [2.45, 2.75) is 0 Å². The Morgan fingerprint density at radius 3 is 1.53 bits per heavy atom. The maximum absolute atomic E-state index is 9.73. The average molecular weight is 776 g/mol. The normalized spacial score (nSPS) is 12.8. The molecule has 59 heavy (non-hydrogen) atoms. The van der Waals surface area contributed by atoms with Gasteiger partial charge >= 0.3 is 0 Å². The van der Waals surface area contributed by atoms with Crippen LogP contribution in [0.25, 0.3) is 110 Å². The summed E-state index contributed by atoms with van der Waals surface area (Å²) in [4.78, 5) is 15.0. The number of rotatable bonds is 7. The summed E-state index contributed by atoms with van der Waals surface area (Å²) >= 11 is 1.09. The second-order valence-electron chi connectivity index (χ2n) is 14.3. The van der Waals surface area contributed by atoms with Gasteiger partial charge in [-0.15, -0.1) is 11.3 Å². The highest BCUT2D eigenvalue weighted by Gasteiger charge is 2.17. The topological polar surface area (TPSA) is 38.7 Å². The van der Waals surface area contributed by atoms with Gasteiger partial charge in [0, 0.05) is 36.9 Å². The monoisotopic (exact) mass is 775 g/mol. The molecule has 0 fully saturated rings. The van der Waals surface area contributed by atoms with E-state index in [1.807, 2.05) is 140 Å². The van der Waals surface area contributed by atoms with Gasteiger partial charge in [0.25, 0.3) is 0 Å². The van der Waals surface area contributed by atoms with Gasteiger partial charge in [-0.05, 0) is 85.5 Å². The first-order valence-electron chi connectivity index (χ1n) is 22.4. The molecule has 0 unspecified atom stereocenters. The molecule has 2 heterocycles. The molecule has 4 heteroatoms. The maximum Gasteiger partial charge on any atom is 0.164 e. The summed E-state index contributed by atoms with van der Waals surface area (Å²) in [6.07, 6.45) is 0. The van der Waals surface area contributed by atoms with Crippen molar-refractivity contribution in [1.29, 1.82) is 0 Å². The molecule has 9 aromatic carbocycles. The van der Waals surface area contributed by atoms with Crippen molar-refractivity contribution in [3.8, 4) is 78.7 Å². The molecule has 0 N–H and O–H groups in total. The summed E-state index contributed by atoms with van der Waals surface area (Å²) in [5.74, 6) is 0.738. The predicted octanol–water partition coefficient (Wildman–Crippen LogP) is 15.1. The van der Waals surface area contributed by atoms with Gasteiger partial charge in [-0.3, -0.25) is 0 Å². The van der Waals surface area contributed by atoms with E-state index in [4.69, 9.17) is 16.3 Å². The zero-order chi connectivity index (χ0) is 44.3. The highest BCUT2D eigenvalue weighted by atomic mass is 32.1. The van der Waals surface area contributed by atoms with Crippen LogP contribution in [0.15, 0.2) is 212 Å². The fourth-order valence-electron chi connectivity index (χ4n) is 7.59. The van der Waals surface area contributed by atoms with Crippen molar-refractivity contribution in [1.82, 2.24) is 15.0 Å². The van der Waals surface area contributed by atoms with Gasteiger partial charge in [0.2, 0.25) is 0 Å². The van der Waals surface area contributed by atoms with Crippen LogP contribution >= 0.6 is 11.3 Å². The molecule has 0 radical (unpaired) electrons. The first kappa shape index (κ1) is 28.8. The van der Waals surface area contributed by atoms with Gasteiger partial charge < -0.3 is 0 Å². The van der Waals surface area contributed by atoms with Crippen molar-refractivity contribution in [3.05, 3.63) is 212 Å². The second-order valence-corrected chi connectivity index (χ2v) is 15.3. The summed E-state index contributed by atoms with van der Waals surface area (Å²) in [6, 6.07) is 57.1. The molecule has 2 aromatic heterocycles. The quantitative estimate of drug-likeness (QED) is 0.162. The number of nitrogens with zero attached hydrogens (tertiary/aromatic N) is 3. The van der Waals surface area contributed by atoms with E-state index in [9.17, 15) is 6.85 Å². The number of hydrogen-bond acceptors (Lipinski definition) is 4. The minimum Gasteiger partial charge on any atom is -0.208 e. The summed E-state index contributed by atoms with van der Waals surface area (Å²) in [7, 11) is 0. The first-order chi connectivity index (χ1) is 31.7. The third-order valence-corrected chi connectivity index (χ3v) is 11.6. The van der Waals surface area contributed by atoms with E-state index in [1.54, 1.807) is 0 Å². The van der Waals surface area contributed by atoms with Crippen LogP contribution in [0.1, 0.15) is 8.22 Å². The van der Waals surface area contributed by atoms with E-state index in [0.717, 1.165) is 61.1 Å². The smallest absolute Gasteiger partial charge is 0.164 e. The SMILES string of the molecule is [2H]c1c(-c2ccc(-c3ccccc3)cc2)c([2H])c2c(sc3c([2H])c(-c4nc(-c5ccc(-c6ccccc6)c(-c6ccccc6)c5)nc(-c5ccc6ccccc6c5)n4)c([2H])c([2H])c32)c1[2H]. The number of aromatic nitrogens is 3. The molecule has 0 bridgehead atoms. The van der Waals surface area contributed by atoms with Gasteiger partial charge in [-0.2, -0.15) is 0 Å². The Labute approximate surface area is 355 Å². The fourth-order valence-corrected chi connectivity index (χ4v) is 8.56. The largest absolute Gasteiger partial charge is 0.208 e. The third kappa shape index (κ3) is 6.66. The first-order valence-corrected chi connectivity index (χ1v) is 20.2. The minimum absolute atomic E-state index is 0.0195. The van der Waals surface area contributed by atoms with Crippen LogP contribution in [-0.2, 0) is 0 Å². The Kier molecular flexibility index (Phi) is 7.21. The molecule has 0 aliphatic rings. The van der Waals surface area contributed by atoms with E-state index in [-0.39, 0.29) is 64.0 Å².